The Bertz CT molecular complexity index is 378. The summed E-state index contributed by atoms with van der Waals surface area (Å²) in [5.74, 6) is 2.47. The highest BCUT2D eigenvalue weighted by molar-refractivity contribution is 5.04. The van der Waals surface area contributed by atoms with E-state index in [1.807, 2.05) is 6.20 Å². The molecule has 1 aliphatic rings. The van der Waals surface area contributed by atoms with Gasteiger partial charge in [-0.3, -0.25) is 0 Å². The molecule has 0 radical (unpaired) electrons. The van der Waals surface area contributed by atoms with Crippen molar-refractivity contribution in [3.8, 4) is 0 Å². The number of methoxy groups -OCH3 is 1. The zero-order chi connectivity index (χ0) is 13.7. The minimum absolute atomic E-state index is 0.0205. The van der Waals surface area contributed by atoms with Gasteiger partial charge in [0.25, 0.3) is 0 Å². The van der Waals surface area contributed by atoms with Crippen LogP contribution in [0.4, 0.5) is 0 Å². The molecule has 4 heteroatoms. The van der Waals surface area contributed by atoms with E-state index >= 15 is 0 Å². The van der Waals surface area contributed by atoms with Crippen LogP contribution in [-0.2, 0) is 17.6 Å². The van der Waals surface area contributed by atoms with Crippen LogP contribution in [0.5, 0.6) is 0 Å². The van der Waals surface area contributed by atoms with Crippen molar-refractivity contribution in [2.45, 2.75) is 51.6 Å². The first-order chi connectivity index (χ1) is 9.13. The van der Waals surface area contributed by atoms with Gasteiger partial charge in [0, 0.05) is 26.5 Å². The van der Waals surface area contributed by atoms with Crippen molar-refractivity contribution in [2.24, 2.45) is 5.92 Å². The van der Waals surface area contributed by atoms with Gasteiger partial charge in [0.1, 0.15) is 5.76 Å². The van der Waals surface area contributed by atoms with Crippen LogP contribution in [0.2, 0.25) is 0 Å². The predicted octanol–water partition coefficient (Wildman–Crippen LogP) is 2.57. The third-order valence-corrected chi connectivity index (χ3v) is 3.86. The summed E-state index contributed by atoms with van der Waals surface area (Å²) in [6.07, 6.45) is 7.10. The van der Waals surface area contributed by atoms with E-state index in [-0.39, 0.29) is 5.60 Å². The van der Waals surface area contributed by atoms with Crippen LogP contribution >= 0.6 is 0 Å². The number of nitrogens with zero attached hydrogens (tertiary/aromatic N) is 1. The number of hydrogen-bond donors (Lipinski definition) is 1. The summed E-state index contributed by atoms with van der Waals surface area (Å²) in [5, 5.41) is 3.40. The van der Waals surface area contributed by atoms with Crippen molar-refractivity contribution >= 4 is 0 Å². The van der Waals surface area contributed by atoms with Gasteiger partial charge >= 0.3 is 0 Å². The van der Waals surface area contributed by atoms with Gasteiger partial charge in [-0.05, 0) is 31.7 Å². The molecule has 0 bridgehead atoms. The fourth-order valence-electron chi connectivity index (χ4n) is 2.47. The van der Waals surface area contributed by atoms with E-state index in [0.29, 0.717) is 5.92 Å². The largest absolute Gasteiger partial charge is 0.446 e. The van der Waals surface area contributed by atoms with Crippen molar-refractivity contribution in [2.75, 3.05) is 20.2 Å². The first kappa shape index (κ1) is 14.5. The molecule has 2 rings (SSSR count). The van der Waals surface area contributed by atoms with Crippen LogP contribution in [0.1, 0.15) is 44.8 Å². The summed E-state index contributed by atoms with van der Waals surface area (Å²) in [5.41, 5.74) is 0.0205. The van der Waals surface area contributed by atoms with E-state index in [2.05, 4.69) is 24.1 Å². The van der Waals surface area contributed by atoms with Gasteiger partial charge in [-0.15, -0.1) is 0 Å². The number of nitrogens with one attached hydrogen (secondary N) is 1. The van der Waals surface area contributed by atoms with E-state index in [0.717, 1.165) is 50.4 Å². The molecule has 1 aliphatic carbocycles. The van der Waals surface area contributed by atoms with E-state index in [1.165, 1.54) is 6.42 Å². The molecular formula is C15H26N2O2. The number of hydrogen-bond acceptors (Lipinski definition) is 4. The zero-order valence-corrected chi connectivity index (χ0v) is 12.4. The van der Waals surface area contributed by atoms with Crippen LogP contribution in [0.3, 0.4) is 0 Å². The van der Waals surface area contributed by atoms with Gasteiger partial charge in [-0.25, -0.2) is 4.98 Å². The lowest BCUT2D eigenvalue weighted by Gasteiger charge is -2.39. The molecule has 1 saturated carbocycles. The number of rotatable bonds is 8. The smallest absolute Gasteiger partial charge is 0.195 e. The maximum absolute atomic E-state index is 5.79. The van der Waals surface area contributed by atoms with Gasteiger partial charge < -0.3 is 14.5 Å². The fraction of sp³-hybridized carbons (Fsp3) is 0.800. The Hall–Kier alpha value is -0.870. The number of ether oxygens (including phenoxy) is 1. The average molecular weight is 266 g/mol. The molecule has 0 spiro atoms. The SMILES string of the molecule is COC1(Cc2cnc(CCNCC(C)C)o2)CCC1. The fourth-order valence-corrected chi connectivity index (χ4v) is 2.47. The molecule has 1 aromatic heterocycles. The Kier molecular flexibility index (Phi) is 4.99. The standard InChI is InChI=1S/C15H26N2O2/c1-12(2)10-16-8-5-14-17-11-13(19-14)9-15(18-3)6-4-7-15/h11-12,16H,4-10H2,1-3H3. The van der Waals surface area contributed by atoms with Crippen LogP contribution in [0.25, 0.3) is 0 Å². The molecule has 1 N–H and O–H groups in total. The highest BCUT2D eigenvalue weighted by Gasteiger charge is 2.38. The maximum atomic E-state index is 5.79. The van der Waals surface area contributed by atoms with E-state index in [9.17, 15) is 0 Å². The van der Waals surface area contributed by atoms with Crippen molar-refractivity contribution in [3.05, 3.63) is 17.8 Å². The Morgan fingerprint density at radius 3 is 2.84 bits per heavy atom. The summed E-state index contributed by atoms with van der Waals surface area (Å²) >= 11 is 0. The molecule has 1 fully saturated rings. The van der Waals surface area contributed by atoms with Crippen LogP contribution < -0.4 is 5.32 Å². The minimum atomic E-state index is 0.0205. The van der Waals surface area contributed by atoms with E-state index in [4.69, 9.17) is 9.15 Å². The molecule has 108 valence electrons. The molecule has 1 aromatic rings. The molecule has 0 unspecified atom stereocenters. The average Bonchev–Trinajstić information content (AvgIpc) is 2.77. The maximum Gasteiger partial charge on any atom is 0.195 e. The molecule has 0 atom stereocenters. The van der Waals surface area contributed by atoms with Gasteiger partial charge in [0.15, 0.2) is 5.89 Å². The van der Waals surface area contributed by atoms with Gasteiger partial charge in [-0.1, -0.05) is 13.8 Å². The second-order valence-electron chi connectivity index (χ2n) is 5.99. The topological polar surface area (TPSA) is 47.3 Å². The van der Waals surface area contributed by atoms with Gasteiger partial charge in [0.2, 0.25) is 0 Å². The van der Waals surface area contributed by atoms with Crippen molar-refractivity contribution < 1.29 is 9.15 Å². The first-order valence-electron chi connectivity index (χ1n) is 7.33. The molecule has 4 nitrogen and oxygen atoms in total. The monoisotopic (exact) mass is 266 g/mol. The predicted molar refractivity (Wildman–Crippen MR) is 75.2 cm³/mol. The van der Waals surface area contributed by atoms with Crippen LogP contribution in [-0.4, -0.2) is 30.8 Å². The highest BCUT2D eigenvalue weighted by atomic mass is 16.5. The van der Waals surface area contributed by atoms with E-state index < -0.39 is 0 Å². The van der Waals surface area contributed by atoms with Crippen LogP contribution in [0, 0.1) is 5.92 Å². The second kappa shape index (κ2) is 6.53. The Morgan fingerprint density at radius 2 is 2.26 bits per heavy atom. The minimum Gasteiger partial charge on any atom is -0.446 e. The van der Waals surface area contributed by atoms with E-state index in [1.54, 1.807) is 7.11 Å². The Morgan fingerprint density at radius 1 is 1.47 bits per heavy atom. The molecule has 1 heterocycles. The first-order valence-corrected chi connectivity index (χ1v) is 7.33. The number of oxazole rings is 1. The third-order valence-electron chi connectivity index (χ3n) is 3.86. The van der Waals surface area contributed by atoms with Crippen molar-refractivity contribution in [3.63, 3.8) is 0 Å². The summed E-state index contributed by atoms with van der Waals surface area (Å²) < 4.78 is 11.4. The van der Waals surface area contributed by atoms with Crippen molar-refractivity contribution in [1.82, 2.24) is 10.3 Å². The van der Waals surface area contributed by atoms with Gasteiger partial charge in [-0.2, -0.15) is 0 Å². The Balaban J connectivity index is 1.75. The Labute approximate surface area is 115 Å². The molecule has 0 aromatic carbocycles. The molecular weight excluding hydrogens is 240 g/mol. The summed E-state index contributed by atoms with van der Waals surface area (Å²) in [6.45, 7) is 6.38. The highest BCUT2D eigenvalue weighted by Crippen LogP contribution is 2.37. The normalized spacial score (nSPS) is 17.7. The lowest BCUT2D eigenvalue weighted by atomic mass is 9.77. The molecule has 0 saturated heterocycles. The lowest BCUT2D eigenvalue weighted by molar-refractivity contribution is -0.0738. The number of aromatic nitrogens is 1. The van der Waals surface area contributed by atoms with Gasteiger partial charge in [0.05, 0.1) is 11.8 Å². The molecule has 0 amide bonds. The molecule has 19 heavy (non-hydrogen) atoms. The lowest BCUT2D eigenvalue weighted by Crippen LogP contribution is -2.41. The molecule has 0 aliphatic heterocycles. The summed E-state index contributed by atoms with van der Waals surface area (Å²) in [4.78, 5) is 4.35. The zero-order valence-electron chi connectivity index (χ0n) is 12.4. The van der Waals surface area contributed by atoms with Crippen LogP contribution in [0.15, 0.2) is 10.6 Å². The van der Waals surface area contributed by atoms with Crippen molar-refractivity contribution in [1.29, 1.82) is 0 Å². The quantitative estimate of drug-likeness (QED) is 0.735. The third kappa shape index (κ3) is 4.05. The second-order valence-corrected chi connectivity index (χ2v) is 5.99. The summed E-state index contributed by atoms with van der Waals surface area (Å²) in [7, 11) is 1.80. The summed E-state index contributed by atoms with van der Waals surface area (Å²) in [6, 6.07) is 0.